The Morgan fingerprint density at radius 1 is 0.951 bits per heavy atom. The molecule has 0 amide bonds. The molecule has 6 aliphatic rings. The Morgan fingerprint density at radius 3 is 2.32 bits per heavy atom. The first-order chi connectivity index (χ1) is 19.4. The third-order valence-corrected chi connectivity index (χ3v) is 12.7. The Bertz CT molecular complexity index is 1050. The van der Waals surface area contributed by atoms with Crippen LogP contribution in [0.2, 0.25) is 0 Å². The summed E-state index contributed by atoms with van der Waals surface area (Å²) in [6, 6.07) is 0. The van der Waals surface area contributed by atoms with E-state index in [0.29, 0.717) is 32.3 Å². The van der Waals surface area contributed by atoms with Crippen molar-refractivity contribution in [2.75, 3.05) is 27.4 Å². The average Bonchev–Trinajstić information content (AvgIpc) is 3.49. The van der Waals surface area contributed by atoms with Crippen LogP contribution >= 0.6 is 0 Å². The Kier molecular flexibility index (Phi) is 7.67. The molecule has 4 aliphatic carbocycles. The highest BCUT2D eigenvalue weighted by Crippen LogP contribution is 2.70. The SMILES string of the molecule is CO[C@H]1[C@H](O[C@H]2CC[C@]3(C)[C@H]4CC[C@]5(C)[C@@H](C6=CC(=O)OC6)CC[C@]5(O)[C@@H]4CC[C@]3(O)C2)O[C@H](CO)[C@@H](O)[C@@H]1OC. The summed E-state index contributed by atoms with van der Waals surface area (Å²) >= 11 is 0. The van der Waals surface area contributed by atoms with Crippen molar-refractivity contribution < 1.29 is 48.9 Å². The predicted octanol–water partition coefficient (Wildman–Crippen LogP) is 1.85. The zero-order valence-corrected chi connectivity index (χ0v) is 24.8. The molecule has 1 saturated heterocycles. The van der Waals surface area contributed by atoms with E-state index in [1.165, 1.54) is 14.2 Å². The molecule has 0 radical (unpaired) electrons. The van der Waals surface area contributed by atoms with E-state index >= 15 is 0 Å². The van der Waals surface area contributed by atoms with Crippen LogP contribution in [-0.4, -0.2) is 102 Å². The van der Waals surface area contributed by atoms with Gasteiger partial charge >= 0.3 is 5.97 Å². The molecular weight excluding hydrogens is 532 g/mol. The van der Waals surface area contributed by atoms with Crippen LogP contribution in [-0.2, 0) is 28.5 Å². The van der Waals surface area contributed by atoms with Gasteiger partial charge in [-0.25, -0.2) is 4.79 Å². The van der Waals surface area contributed by atoms with E-state index in [1.54, 1.807) is 6.08 Å². The summed E-state index contributed by atoms with van der Waals surface area (Å²) in [5.74, 6) is 0.123. The Hall–Kier alpha value is -1.11. The van der Waals surface area contributed by atoms with Crippen LogP contribution in [0.25, 0.3) is 0 Å². The summed E-state index contributed by atoms with van der Waals surface area (Å²) in [4.78, 5) is 11.8. The van der Waals surface area contributed by atoms with Crippen LogP contribution < -0.4 is 0 Å². The van der Waals surface area contributed by atoms with Crippen LogP contribution in [0.4, 0.5) is 0 Å². The van der Waals surface area contributed by atoms with Crippen LogP contribution in [0.1, 0.15) is 71.6 Å². The number of carbonyl (C=O) groups excluding carboxylic acids is 1. The second kappa shape index (κ2) is 10.5. The zero-order chi connectivity index (χ0) is 29.4. The molecule has 0 spiro atoms. The molecule has 6 rings (SSSR count). The zero-order valence-electron chi connectivity index (χ0n) is 24.8. The number of rotatable bonds is 6. The van der Waals surface area contributed by atoms with Crippen LogP contribution in [0, 0.1) is 28.6 Å². The molecule has 2 aliphatic heterocycles. The highest BCUT2D eigenvalue weighted by Gasteiger charge is 2.70. The van der Waals surface area contributed by atoms with Gasteiger partial charge in [-0.05, 0) is 80.1 Å². The largest absolute Gasteiger partial charge is 0.458 e. The number of hydrogen-bond donors (Lipinski definition) is 4. The minimum Gasteiger partial charge on any atom is -0.458 e. The molecule has 0 bridgehead atoms. The second-order valence-corrected chi connectivity index (χ2v) is 14.1. The van der Waals surface area contributed by atoms with E-state index in [9.17, 15) is 25.2 Å². The molecule has 4 saturated carbocycles. The van der Waals surface area contributed by atoms with Gasteiger partial charge in [-0.15, -0.1) is 0 Å². The summed E-state index contributed by atoms with van der Waals surface area (Å²) < 4.78 is 28.7. The van der Waals surface area contributed by atoms with Crippen molar-refractivity contribution in [1.82, 2.24) is 0 Å². The van der Waals surface area contributed by atoms with Gasteiger partial charge in [-0.3, -0.25) is 0 Å². The summed E-state index contributed by atoms with van der Waals surface area (Å²) in [6.07, 6.45) is 3.72. The van der Waals surface area contributed by atoms with Gasteiger partial charge in [0.2, 0.25) is 0 Å². The normalized spacial score (nSPS) is 53.2. The van der Waals surface area contributed by atoms with Crippen molar-refractivity contribution in [3.8, 4) is 0 Å². The van der Waals surface area contributed by atoms with Gasteiger partial charge in [-0.2, -0.15) is 0 Å². The minimum absolute atomic E-state index is 0.0847. The number of esters is 1. The predicted molar refractivity (Wildman–Crippen MR) is 145 cm³/mol. The lowest BCUT2D eigenvalue weighted by Gasteiger charge is -2.66. The van der Waals surface area contributed by atoms with Crippen molar-refractivity contribution >= 4 is 5.97 Å². The maximum atomic E-state index is 12.5. The highest BCUT2D eigenvalue weighted by atomic mass is 16.7. The van der Waals surface area contributed by atoms with E-state index in [4.69, 9.17) is 23.7 Å². The lowest BCUT2D eigenvalue weighted by Crippen LogP contribution is -2.68. The molecule has 13 atom stereocenters. The van der Waals surface area contributed by atoms with Crippen molar-refractivity contribution in [2.45, 2.75) is 120 Å². The number of carbonyl (C=O) groups is 1. The first kappa shape index (κ1) is 29.9. The lowest BCUT2D eigenvalue weighted by molar-refractivity contribution is -0.330. The van der Waals surface area contributed by atoms with Gasteiger partial charge < -0.3 is 44.1 Å². The molecule has 0 aromatic rings. The third-order valence-electron chi connectivity index (χ3n) is 12.7. The van der Waals surface area contributed by atoms with E-state index < -0.39 is 41.9 Å². The maximum Gasteiger partial charge on any atom is 0.331 e. The molecule has 232 valence electrons. The molecule has 0 aromatic carbocycles. The number of aliphatic hydroxyl groups excluding tert-OH is 2. The monoisotopic (exact) mass is 580 g/mol. The highest BCUT2D eigenvalue weighted by molar-refractivity contribution is 5.85. The van der Waals surface area contributed by atoms with Crippen molar-refractivity contribution in [2.24, 2.45) is 28.6 Å². The van der Waals surface area contributed by atoms with Crippen LogP contribution in [0.15, 0.2) is 11.6 Å². The summed E-state index contributed by atoms with van der Waals surface area (Å²) in [7, 11) is 3.00. The van der Waals surface area contributed by atoms with Crippen LogP contribution in [0.5, 0.6) is 0 Å². The fourth-order valence-corrected chi connectivity index (χ4v) is 10.3. The molecule has 5 fully saturated rings. The maximum absolute atomic E-state index is 12.5. The van der Waals surface area contributed by atoms with Crippen molar-refractivity contribution in [3.05, 3.63) is 11.6 Å². The van der Waals surface area contributed by atoms with Gasteiger partial charge in [0.15, 0.2) is 6.29 Å². The summed E-state index contributed by atoms with van der Waals surface area (Å²) in [6.45, 7) is 4.37. The van der Waals surface area contributed by atoms with Gasteiger partial charge in [-0.1, -0.05) is 13.8 Å². The first-order valence-corrected chi connectivity index (χ1v) is 15.4. The first-order valence-electron chi connectivity index (χ1n) is 15.4. The van der Waals surface area contributed by atoms with Crippen molar-refractivity contribution in [3.63, 3.8) is 0 Å². The molecule has 10 heteroatoms. The Labute approximate surface area is 242 Å². The van der Waals surface area contributed by atoms with Gasteiger partial charge in [0.05, 0.1) is 23.9 Å². The number of hydrogen-bond acceptors (Lipinski definition) is 10. The average molecular weight is 581 g/mol. The Morgan fingerprint density at radius 2 is 1.66 bits per heavy atom. The second-order valence-electron chi connectivity index (χ2n) is 14.1. The minimum atomic E-state index is -1.06. The molecule has 0 unspecified atom stereocenters. The van der Waals surface area contributed by atoms with E-state index in [-0.39, 0.29) is 47.3 Å². The molecule has 0 aromatic heterocycles. The third kappa shape index (κ3) is 4.30. The molecule has 2 heterocycles. The number of methoxy groups -OCH3 is 2. The topological polar surface area (TPSA) is 144 Å². The lowest BCUT2D eigenvalue weighted by atomic mass is 9.42. The fourth-order valence-electron chi connectivity index (χ4n) is 10.3. The van der Waals surface area contributed by atoms with E-state index in [0.717, 1.165) is 37.7 Å². The van der Waals surface area contributed by atoms with Gasteiger partial charge in [0.1, 0.15) is 31.0 Å². The van der Waals surface area contributed by atoms with Crippen molar-refractivity contribution in [1.29, 1.82) is 0 Å². The van der Waals surface area contributed by atoms with Gasteiger partial charge in [0.25, 0.3) is 0 Å². The standard InChI is InChI=1S/C31H48O10/c1-28-9-5-18(40-27-26(38-4)25(37-3)24(34)22(15-32)41-27)14-30(28,35)11-7-21-20(28)6-10-29(2)19(8-12-31(21,29)36)17-13-23(33)39-16-17/h13,18-22,24-27,32,34-36H,5-12,14-16H2,1-4H3/t18-,19+,20-,21+,22+,24+,25-,26+,27+,28+,29+,30-,31-/m0/s1. The number of cyclic esters (lactones) is 1. The molecule has 41 heavy (non-hydrogen) atoms. The summed E-state index contributed by atoms with van der Waals surface area (Å²) in [5, 5.41) is 45.1. The molecule has 10 nitrogen and oxygen atoms in total. The quantitative estimate of drug-likeness (QED) is 0.271. The van der Waals surface area contributed by atoms with E-state index in [2.05, 4.69) is 13.8 Å². The van der Waals surface area contributed by atoms with Crippen LogP contribution in [0.3, 0.4) is 0 Å². The smallest absolute Gasteiger partial charge is 0.331 e. The molecular formula is C31H48O10. The fraction of sp³-hybridized carbons (Fsp3) is 0.903. The number of fused-ring (bicyclic) bond motifs is 5. The summed E-state index contributed by atoms with van der Waals surface area (Å²) in [5.41, 5.74) is -1.47. The molecule has 4 N–H and O–H groups in total. The number of aliphatic hydroxyl groups is 4. The van der Waals surface area contributed by atoms with E-state index in [1.807, 2.05) is 0 Å². The Balaban J connectivity index is 1.19. The number of ether oxygens (including phenoxy) is 5. The van der Waals surface area contributed by atoms with Gasteiger partial charge in [0, 0.05) is 32.1 Å².